The van der Waals surface area contributed by atoms with Crippen LogP contribution in [0.2, 0.25) is 0 Å². The van der Waals surface area contributed by atoms with Gasteiger partial charge in [-0.2, -0.15) is 0 Å². The van der Waals surface area contributed by atoms with E-state index in [-0.39, 0.29) is 0 Å². The van der Waals surface area contributed by atoms with Crippen molar-refractivity contribution in [2.75, 3.05) is 17.9 Å². The zero-order chi connectivity index (χ0) is 14.4. The van der Waals surface area contributed by atoms with E-state index in [0.29, 0.717) is 30.6 Å². The highest BCUT2D eigenvalue weighted by Crippen LogP contribution is 2.18. The average molecular weight is 338 g/mol. The van der Waals surface area contributed by atoms with Gasteiger partial charge in [0.05, 0.1) is 0 Å². The van der Waals surface area contributed by atoms with E-state index in [1.54, 1.807) is 13.2 Å². The first-order chi connectivity index (χ1) is 9.72. The highest BCUT2D eigenvalue weighted by atomic mass is 79.9. The monoisotopic (exact) mass is 337 g/mol. The third-order valence-electron chi connectivity index (χ3n) is 2.61. The summed E-state index contributed by atoms with van der Waals surface area (Å²) in [6.45, 7) is 0.980. The first kappa shape index (κ1) is 14.7. The van der Waals surface area contributed by atoms with Crippen molar-refractivity contribution in [3.05, 3.63) is 46.2 Å². The van der Waals surface area contributed by atoms with Gasteiger partial charge in [0, 0.05) is 24.2 Å². The van der Waals surface area contributed by atoms with Gasteiger partial charge in [-0.25, -0.2) is 15.8 Å². The molecule has 0 fully saturated rings. The summed E-state index contributed by atoms with van der Waals surface area (Å²) in [5, 5.41) is 3.24. The maximum atomic E-state index is 5.40. The molecule has 2 aromatic rings. The van der Waals surface area contributed by atoms with E-state index in [9.17, 15) is 0 Å². The Morgan fingerprint density at radius 3 is 2.70 bits per heavy atom. The second kappa shape index (κ2) is 7.18. The van der Waals surface area contributed by atoms with Crippen molar-refractivity contribution in [1.29, 1.82) is 0 Å². The third-order valence-corrected chi connectivity index (χ3v) is 3.39. The lowest BCUT2D eigenvalue weighted by Gasteiger charge is -2.10. The minimum Gasteiger partial charge on any atom is -0.377 e. The largest absolute Gasteiger partial charge is 0.377 e. The number of nitrogen functional groups attached to an aromatic ring is 1. The number of methoxy groups -OCH3 is 1. The molecule has 0 saturated heterocycles. The summed E-state index contributed by atoms with van der Waals surface area (Å²) in [6.07, 6.45) is 0. The molecule has 0 atom stereocenters. The van der Waals surface area contributed by atoms with Gasteiger partial charge in [0.25, 0.3) is 0 Å². The number of hydrazine groups is 1. The lowest BCUT2D eigenvalue weighted by Crippen LogP contribution is -2.12. The molecule has 1 aromatic carbocycles. The topological polar surface area (TPSA) is 85.1 Å². The fraction of sp³-hybridized carbons (Fsp3) is 0.231. The maximum Gasteiger partial charge on any atom is 0.158 e. The van der Waals surface area contributed by atoms with Crippen molar-refractivity contribution in [3.8, 4) is 0 Å². The van der Waals surface area contributed by atoms with Gasteiger partial charge in [0.1, 0.15) is 18.2 Å². The number of nitrogens with one attached hydrogen (secondary N) is 2. The molecule has 0 saturated carbocycles. The Balaban J connectivity index is 2.12. The molecule has 7 heteroatoms. The van der Waals surface area contributed by atoms with E-state index in [2.05, 4.69) is 36.6 Å². The summed E-state index contributed by atoms with van der Waals surface area (Å²) in [5.74, 6) is 7.20. The first-order valence-corrected chi connectivity index (χ1v) is 6.83. The molecule has 0 unspecified atom stereocenters. The fourth-order valence-corrected chi connectivity index (χ4v) is 2.11. The molecular weight excluding hydrogens is 322 g/mol. The molecule has 0 aliphatic carbocycles. The predicted octanol–water partition coefficient (Wildman–Crippen LogP) is 2.28. The molecule has 6 nitrogen and oxygen atoms in total. The van der Waals surface area contributed by atoms with Crippen molar-refractivity contribution in [2.24, 2.45) is 5.84 Å². The number of anilines is 2. The predicted molar refractivity (Wildman–Crippen MR) is 82.0 cm³/mol. The number of nitrogens with two attached hydrogens (primary N) is 1. The molecule has 106 valence electrons. The molecule has 0 amide bonds. The number of hydrogen-bond acceptors (Lipinski definition) is 6. The summed E-state index contributed by atoms with van der Waals surface area (Å²) in [7, 11) is 1.60. The van der Waals surface area contributed by atoms with E-state index in [1.165, 1.54) is 0 Å². The van der Waals surface area contributed by atoms with Gasteiger partial charge in [-0.1, -0.05) is 34.1 Å². The fourth-order valence-electron chi connectivity index (χ4n) is 1.68. The van der Waals surface area contributed by atoms with Crippen molar-refractivity contribution in [3.63, 3.8) is 0 Å². The van der Waals surface area contributed by atoms with E-state index < -0.39 is 0 Å². The number of nitrogens with zero attached hydrogens (tertiary/aromatic N) is 2. The van der Waals surface area contributed by atoms with Gasteiger partial charge in [-0.3, -0.25) is 0 Å². The van der Waals surface area contributed by atoms with Gasteiger partial charge in [-0.05, 0) is 11.6 Å². The second-order valence-corrected chi connectivity index (χ2v) is 4.93. The summed E-state index contributed by atoms with van der Waals surface area (Å²) >= 11 is 3.51. The van der Waals surface area contributed by atoms with Gasteiger partial charge < -0.3 is 15.5 Å². The van der Waals surface area contributed by atoms with Crippen LogP contribution in [-0.2, 0) is 17.9 Å². The molecule has 0 aliphatic heterocycles. The molecule has 2 rings (SSSR count). The zero-order valence-electron chi connectivity index (χ0n) is 11.1. The normalized spacial score (nSPS) is 10.3. The van der Waals surface area contributed by atoms with Crippen LogP contribution in [0.3, 0.4) is 0 Å². The lowest BCUT2D eigenvalue weighted by molar-refractivity contribution is 0.178. The highest BCUT2D eigenvalue weighted by Gasteiger charge is 2.05. The van der Waals surface area contributed by atoms with Crippen molar-refractivity contribution >= 4 is 27.6 Å². The number of halogens is 1. The molecule has 0 aliphatic rings. The van der Waals surface area contributed by atoms with Crippen LogP contribution in [0.5, 0.6) is 0 Å². The molecular formula is C13H16BrN5O. The summed E-state index contributed by atoms with van der Waals surface area (Å²) in [4.78, 5) is 8.55. The Morgan fingerprint density at radius 1 is 1.25 bits per heavy atom. The minimum atomic E-state index is 0.333. The van der Waals surface area contributed by atoms with Gasteiger partial charge in [0.2, 0.25) is 0 Å². The Hall–Kier alpha value is -1.70. The molecule has 1 heterocycles. The number of ether oxygens (including phenoxy) is 1. The SMILES string of the molecule is COCc1nc(NN)cc(NCc2ccccc2Br)n1. The van der Waals surface area contributed by atoms with Crippen molar-refractivity contribution in [2.45, 2.75) is 13.2 Å². The highest BCUT2D eigenvalue weighted by molar-refractivity contribution is 9.10. The van der Waals surface area contributed by atoms with E-state index in [0.717, 1.165) is 10.0 Å². The lowest BCUT2D eigenvalue weighted by atomic mass is 10.2. The van der Waals surface area contributed by atoms with Gasteiger partial charge in [0.15, 0.2) is 5.82 Å². The molecule has 0 bridgehead atoms. The maximum absolute atomic E-state index is 5.40. The summed E-state index contributed by atoms with van der Waals surface area (Å²) in [6, 6.07) is 9.75. The second-order valence-electron chi connectivity index (χ2n) is 4.08. The van der Waals surface area contributed by atoms with Gasteiger partial charge in [-0.15, -0.1) is 0 Å². The number of aromatic nitrogens is 2. The Bertz CT molecular complexity index is 578. The first-order valence-electron chi connectivity index (χ1n) is 6.03. The van der Waals surface area contributed by atoms with Crippen LogP contribution in [0.25, 0.3) is 0 Å². The van der Waals surface area contributed by atoms with E-state index in [1.807, 2.05) is 24.3 Å². The van der Waals surface area contributed by atoms with Crippen LogP contribution in [0.15, 0.2) is 34.8 Å². The standard InChI is InChI=1S/C13H16BrN5O/c1-20-8-13-17-11(6-12(18-13)19-15)16-7-9-4-2-3-5-10(9)14/h2-6H,7-8,15H2,1H3,(H2,16,17,18,19). The van der Waals surface area contributed by atoms with Crippen LogP contribution in [-0.4, -0.2) is 17.1 Å². The van der Waals surface area contributed by atoms with E-state index in [4.69, 9.17) is 10.6 Å². The van der Waals surface area contributed by atoms with Crippen molar-refractivity contribution < 1.29 is 4.74 Å². The molecule has 0 radical (unpaired) electrons. The Morgan fingerprint density at radius 2 is 2.00 bits per heavy atom. The zero-order valence-corrected chi connectivity index (χ0v) is 12.6. The molecule has 4 N–H and O–H groups in total. The van der Waals surface area contributed by atoms with E-state index >= 15 is 0 Å². The Kier molecular flexibility index (Phi) is 5.28. The summed E-state index contributed by atoms with van der Waals surface area (Å²) in [5.41, 5.74) is 3.66. The van der Waals surface area contributed by atoms with Crippen LogP contribution < -0.4 is 16.6 Å². The molecule has 20 heavy (non-hydrogen) atoms. The number of benzene rings is 1. The van der Waals surface area contributed by atoms with Crippen molar-refractivity contribution in [1.82, 2.24) is 9.97 Å². The van der Waals surface area contributed by atoms with Crippen LogP contribution in [0.1, 0.15) is 11.4 Å². The van der Waals surface area contributed by atoms with Crippen LogP contribution in [0, 0.1) is 0 Å². The van der Waals surface area contributed by atoms with Gasteiger partial charge >= 0.3 is 0 Å². The van der Waals surface area contributed by atoms with Crippen LogP contribution >= 0.6 is 15.9 Å². The smallest absolute Gasteiger partial charge is 0.158 e. The summed E-state index contributed by atoms with van der Waals surface area (Å²) < 4.78 is 6.09. The minimum absolute atomic E-state index is 0.333. The number of hydrogen-bond donors (Lipinski definition) is 3. The molecule has 1 aromatic heterocycles. The number of rotatable bonds is 6. The quantitative estimate of drug-likeness (QED) is 0.554. The average Bonchev–Trinajstić information content (AvgIpc) is 2.46. The van der Waals surface area contributed by atoms with Crippen LogP contribution in [0.4, 0.5) is 11.6 Å². The molecule has 0 spiro atoms. The Labute approximate surface area is 125 Å². The third kappa shape index (κ3) is 3.89.